The highest BCUT2D eigenvalue weighted by Gasteiger charge is 2.20. The van der Waals surface area contributed by atoms with Crippen molar-refractivity contribution in [3.63, 3.8) is 0 Å². The van der Waals surface area contributed by atoms with E-state index in [0.717, 1.165) is 5.92 Å². The van der Waals surface area contributed by atoms with Crippen LogP contribution < -0.4 is 0 Å². The third-order valence-corrected chi connectivity index (χ3v) is 3.37. The van der Waals surface area contributed by atoms with Gasteiger partial charge in [0.15, 0.2) is 0 Å². The van der Waals surface area contributed by atoms with Gasteiger partial charge in [-0.2, -0.15) is 0 Å². The van der Waals surface area contributed by atoms with Crippen LogP contribution in [-0.2, 0) is 4.79 Å². The first kappa shape index (κ1) is 11.6. The predicted molar refractivity (Wildman–Crippen MR) is 69.2 cm³/mol. The molecule has 0 atom stereocenters. The molecule has 2 aromatic rings. The second-order valence-electron chi connectivity index (χ2n) is 4.30. The molecule has 0 aliphatic heterocycles. The molecule has 2 heteroatoms. The Balaban J connectivity index is 0.000000329. The molecule has 1 aliphatic carbocycles. The first-order valence-corrected chi connectivity index (χ1v) is 5.92. The highest BCUT2D eigenvalue weighted by atomic mass is 16.3. The van der Waals surface area contributed by atoms with E-state index < -0.39 is 0 Å². The molecule has 0 amide bonds. The zero-order valence-electron chi connectivity index (χ0n) is 9.67. The van der Waals surface area contributed by atoms with Crippen LogP contribution in [0.2, 0.25) is 0 Å². The normalized spacial score (nSPS) is 14.6. The highest BCUT2D eigenvalue weighted by Crippen LogP contribution is 2.39. The SMILES string of the molecule is O=CO.c1ccc2c(C3CCC3)cccc2c1. The monoisotopic (exact) mass is 228 g/mol. The van der Waals surface area contributed by atoms with E-state index in [1.165, 1.54) is 30.0 Å². The third-order valence-electron chi connectivity index (χ3n) is 3.37. The third kappa shape index (κ3) is 2.47. The van der Waals surface area contributed by atoms with Crippen molar-refractivity contribution in [1.82, 2.24) is 0 Å². The quantitative estimate of drug-likeness (QED) is 0.753. The van der Waals surface area contributed by atoms with Gasteiger partial charge in [0.2, 0.25) is 0 Å². The maximum Gasteiger partial charge on any atom is 0.290 e. The van der Waals surface area contributed by atoms with Gasteiger partial charge in [-0.1, -0.05) is 48.9 Å². The van der Waals surface area contributed by atoms with E-state index in [1.54, 1.807) is 5.56 Å². The molecule has 2 aromatic carbocycles. The number of benzene rings is 2. The number of hydrogen-bond donors (Lipinski definition) is 1. The molecule has 0 spiro atoms. The van der Waals surface area contributed by atoms with Crippen molar-refractivity contribution in [3.8, 4) is 0 Å². The molecule has 0 aromatic heterocycles. The Morgan fingerprint density at radius 2 is 1.71 bits per heavy atom. The average molecular weight is 228 g/mol. The van der Waals surface area contributed by atoms with E-state index >= 15 is 0 Å². The van der Waals surface area contributed by atoms with Crippen LogP contribution in [0.3, 0.4) is 0 Å². The summed E-state index contributed by atoms with van der Waals surface area (Å²) in [6.07, 6.45) is 4.18. The van der Waals surface area contributed by atoms with Gasteiger partial charge in [-0.15, -0.1) is 0 Å². The van der Waals surface area contributed by atoms with Crippen LogP contribution in [-0.4, -0.2) is 11.6 Å². The summed E-state index contributed by atoms with van der Waals surface area (Å²) in [6.45, 7) is -0.250. The molecular weight excluding hydrogens is 212 g/mol. The fourth-order valence-corrected chi connectivity index (χ4v) is 2.33. The second kappa shape index (κ2) is 5.48. The summed E-state index contributed by atoms with van der Waals surface area (Å²) in [7, 11) is 0. The molecule has 1 saturated carbocycles. The van der Waals surface area contributed by atoms with Crippen molar-refractivity contribution < 1.29 is 9.90 Å². The molecule has 88 valence electrons. The lowest BCUT2D eigenvalue weighted by molar-refractivity contribution is -0.122. The van der Waals surface area contributed by atoms with E-state index in [9.17, 15) is 0 Å². The van der Waals surface area contributed by atoms with Crippen molar-refractivity contribution in [1.29, 1.82) is 0 Å². The van der Waals surface area contributed by atoms with Gasteiger partial charge in [0, 0.05) is 0 Å². The van der Waals surface area contributed by atoms with Gasteiger partial charge in [-0.05, 0) is 35.1 Å². The van der Waals surface area contributed by atoms with Crippen molar-refractivity contribution in [2.75, 3.05) is 0 Å². The molecule has 0 saturated heterocycles. The Bertz CT molecular complexity index is 496. The molecule has 1 aliphatic rings. The summed E-state index contributed by atoms with van der Waals surface area (Å²) in [5.41, 5.74) is 1.56. The molecule has 0 heterocycles. The molecular formula is C15H16O2. The smallest absolute Gasteiger partial charge is 0.290 e. The molecule has 3 rings (SSSR count). The summed E-state index contributed by atoms with van der Waals surface area (Å²) in [5, 5.41) is 9.73. The largest absolute Gasteiger partial charge is 0.483 e. The fraction of sp³-hybridized carbons (Fsp3) is 0.267. The number of fused-ring (bicyclic) bond motifs is 1. The van der Waals surface area contributed by atoms with Gasteiger partial charge in [-0.3, -0.25) is 4.79 Å². The first-order chi connectivity index (χ1) is 8.36. The molecule has 0 bridgehead atoms. The van der Waals surface area contributed by atoms with Crippen molar-refractivity contribution >= 4 is 17.2 Å². The van der Waals surface area contributed by atoms with E-state index in [1.807, 2.05) is 0 Å². The topological polar surface area (TPSA) is 37.3 Å². The highest BCUT2D eigenvalue weighted by molar-refractivity contribution is 5.86. The minimum Gasteiger partial charge on any atom is -0.483 e. The maximum atomic E-state index is 8.36. The van der Waals surface area contributed by atoms with Crippen LogP contribution in [0.4, 0.5) is 0 Å². The Hall–Kier alpha value is -1.83. The first-order valence-electron chi connectivity index (χ1n) is 5.92. The zero-order valence-corrected chi connectivity index (χ0v) is 9.67. The molecule has 1 fully saturated rings. The van der Waals surface area contributed by atoms with Crippen LogP contribution in [0.15, 0.2) is 42.5 Å². The van der Waals surface area contributed by atoms with Crippen LogP contribution in [0.5, 0.6) is 0 Å². The number of carbonyl (C=O) groups is 1. The molecule has 1 N–H and O–H groups in total. The average Bonchev–Trinajstić information content (AvgIpc) is 2.28. The number of rotatable bonds is 1. The van der Waals surface area contributed by atoms with Gasteiger partial charge in [0.25, 0.3) is 6.47 Å². The lowest BCUT2D eigenvalue weighted by Crippen LogP contribution is -2.08. The van der Waals surface area contributed by atoms with Crippen molar-refractivity contribution in [2.24, 2.45) is 0 Å². The summed E-state index contributed by atoms with van der Waals surface area (Å²) in [6, 6.07) is 15.4. The van der Waals surface area contributed by atoms with Gasteiger partial charge in [0.05, 0.1) is 0 Å². The van der Waals surface area contributed by atoms with E-state index in [4.69, 9.17) is 9.90 Å². The fourth-order valence-electron chi connectivity index (χ4n) is 2.33. The summed E-state index contributed by atoms with van der Waals surface area (Å²) in [5.74, 6) is 0.834. The van der Waals surface area contributed by atoms with Gasteiger partial charge >= 0.3 is 0 Å². The van der Waals surface area contributed by atoms with E-state index in [2.05, 4.69) is 42.5 Å². The van der Waals surface area contributed by atoms with Crippen LogP contribution in [0.1, 0.15) is 30.7 Å². The number of carboxylic acid groups (broad SMARTS) is 1. The minimum absolute atomic E-state index is 0.250. The maximum absolute atomic E-state index is 8.36. The van der Waals surface area contributed by atoms with Gasteiger partial charge in [0.1, 0.15) is 0 Å². The van der Waals surface area contributed by atoms with Crippen LogP contribution in [0, 0.1) is 0 Å². The molecule has 17 heavy (non-hydrogen) atoms. The van der Waals surface area contributed by atoms with Crippen molar-refractivity contribution in [2.45, 2.75) is 25.2 Å². The van der Waals surface area contributed by atoms with Crippen LogP contribution >= 0.6 is 0 Å². The summed E-state index contributed by atoms with van der Waals surface area (Å²) in [4.78, 5) is 8.36. The van der Waals surface area contributed by atoms with Crippen LogP contribution in [0.25, 0.3) is 10.8 Å². The summed E-state index contributed by atoms with van der Waals surface area (Å²) < 4.78 is 0. The molecule has 0 radical (unpaired) electrons. The molecule has 2 nitrogen and oxygen atoms in total. The second-order valence-corrected chi connectivity index (χ2v) is 4.30. The van der Waals surface area contributed by atoms with E-state index in [-0.39, 0.29) is 6.47 Å². The Kier molecular flexibility index (Phi) is 3.76. The zero-order chi connectivity index (χ0) is 12.1. The predicted octanol–water partition coefficient (Wildman–Crippen LogP) is 3.81. The van der Waals surface area contributed by atoms with Gasteiger partial charge in [-0.25, -0.2) is 0 Å². The lowest BCUT2D eigenvalue weighted by atomic mass is 9.78. The Morgan fingerprint density at radius 1 is 1.06 bits per heavy atom. The van der Waals surface area contributed by atoms with Gasteiger partial charge < -0.3 is 5.11 Å². The number of hydrogen-bond acceptors (Lipinski definition) is 1. The van der Waals surface area contributed by atoms with Crippen molar-refractivity contribution in [3.05, 3.63) is 48.0 Å². The minimum atomic E-state index is -0.250. The molecule has 0 unspecified atom stereocenters. The lowest BCUT2D eigenvalue weighted by Gasteiger charge is -2.27. The summed E-state index contributed by atoms with van der Waals surface area (Å²) >= 11 is 0. The standard InChI is InChI=1S/C14H14.CH2O2/c1-2-9-13-11(5-1)8-4-10-14(13)12-6-3-7-12;2-1-3/h1-2,4-5,8-10,12H,3,6-7H2;1H,(H,2,3). The Morgan fingerprint density at radius 3 is 2.35 bits per heavy atom. The Labute approximate surface area is 101 Å². The van der Waals surface area contributed by atoms with E-state index in [0.29, 0.717) is 0 Å².